The highest BCUT2D eigenvalue weighted by Crippen LogP contribution is 2.18. The van der Waals surface area contributed by atoms with Crippen molar-refractivity contribution in [1.29, 1.82) is 0 Å². The zero-order chi connectivity index (χ0) is 14.3. The Bertz CT molecular complexity index is 437. The molecule has 4 N–H and O–H groups in total. The molecule has 0 aliphatic carbocycles. The lowest BCUT2D eigenvalue weighted by atomic mass is 10.2. The molecule has 0 bridgehead atoms. The number of rotatable bonds is 7. The van der Waals surface area contributed by atoms with Gasteiger partial charge in [-0.25, -0.2) is 4.98 Å². The summed E-state index contributed by atoms with van der Waals surface area (Å²) in [6.45, 7) is 3.28. The molecule has 1 heterocycles. The van der Waals surface area contributed by atoms with E-state index in [1.807, 2.05) is 11.8 Å². The molecule has 7 heteroatoms. The van der Waals surface area contributed by atoms with E-state index in [1.165, 1.54) is 0 Å². The number of amidine groups is 1. The lowest BCUT2D eigenvalue weighted by Crippen LogP contribution is -2.33. The molecule has 0 saturated carbocycles. The number of aromatic nitrogens is 1. The molecule has 1 aromatic heterocycles. The van der Waals surface area contributed by atoms with Gasteiger partial charge in [0.25, 0.3) is 0 Å². The molecule has 0 unspecified atom stereocenters. The van der Waals surface area contributed by atoms with Gasteiger partial charge in [-0.2, -0.15) is 0 Å². The summed E-state index contributed by atoms with van der Waals surface area (Å²) in [6.07, 6.45) is 0. The molecule has 19 heavy (non-hydrogen) atoms. The molecule has 0 fully saturated rings. The fraction of sp³-hybridized carbons (Fsp3) is 0.500. The van der Waals surface area contributed by atoms with Crippen LogP contribution >= 0.6 is 0 Å². The van der Waals surface area contributed by atoms with Crippen molar-refractivity contribution in [2.45, 2.75) is 6.92 Å². The van der Waals surface area contributed by atoms with E-state index in [4.69, 9.17) is 20.8 Å². The molecule has 7 nitrogen and oxygen atoms in total. The molecule has 1 rings (SSSR count). The lowest BCUT2D eigenvalue weighted by molar-refractivity contribution is 0.202. The first kappa shape index (κ1) is 15.2. The van der Waals surface area contributed by atoms with Crippen LogP contribution in [0.5, 0.6) is 0 Å². The highest BCUT2D eigenvalue weighted by atomic mass is 16.5. The number of methoxy groups -OCH3 is 1. The first-order chi connectivity index (χ1) is 9.13. The topological polar surface area (TPSA) is 104 Å². The van der Waals surface area contributed by atoms with Crippen molar-refractivity contribution < 1.29 is 15.1 Å². The molecule has 106 valence electrons. The summed E-state index contributed by atoms with van der Waals surface area (Å²) in [4.78, 5) is 6.24. The van der Waals surface area contributed by atoms with Crippen LogP contribution < -0.4 is 10.6 Å². The van der Waals surface area contributed by atoms with Crippen molar-refractivity contribution in [2.24, 2.45) is 10.9 Å². The molecular formula is C12H20N4O3. The average Bonchev–Trinajstić information content (AvgIpc) is 2.42. The predicted octanol–water partition coefficient (Wildman–Crippen LogP) is -0.0704. The summed E-state index contributed by atoms with van der Waals surface area (Å²) in [5, 5.41) is 21.0. The third-order valence-electron chi connectivity index (χ3n) is 2.63. The van der Waals surface area contributed by atoms with E-state index < -0.39 is 0 Å². The van der Waals surface area contributed by atoms with Gasteiger partial charge >= 0.3 is 0 Å². The first-order valence-electron chi connectivity index (χ1n) is 5.94. The number of hydrogen-bond donors (Lipinski definition) is 3. The van der Waals surface area contributed by atoms with Crippen LogP contribution in [0.4, 0.5) is 5.82 Å². The zero-order valence-corrected chi connectivity index (χ0v) is 11.2. The maximum absolute atomic E-state index is 9.13. The molecule has 0 aliphatic rings. The number of aliphatic hydroxyl groups excluding tert-OH is 1. The van der Waals surface area contributed by atoms with E-state index in [1.54, 1.807) is 19.2 Å². The Morgan fingerprint density at radius 1 is 1.47 bits per heavy atom. The third kappa shape index (κ3) is 4.08. The number of hydrogen-bond acceptors (Lipinski definition) is 6. The largest absolute Gasteiger partial charge is 0.409 e. The second-order valence-corrected chi connectivity index (χ2v) is 4.01. The minimum absolute atomic E-state index is 0.0112. The molecular weight excluding hydrogens is 248 g/mol. The van der Waals surface area contributed by atoms with Gasteiger partial charge in [0, 0.05) is 25.9 Å². The van der Waals surface area contributed by atoms with E-state index in [-0.39, 0.29) is 12.4 Å². The van der Waals surface area contributed by atoms with E-state index in [9.17, 15) is 0 Å². The molecule has 0 aromatic carbocycles. The van der Waals surface area contributed by atoms with Crippen molar-refractivity contribution in [1.82, 2.24) is 4.98 Å². The average molecular weight is 268 g/mol. The number of aryl methyl sites for hydroxylation is 1. The van der Waals surface area contributed by atoms with Gasteiger partial charge in [0.05, 0.1) is 18.8 Å². The summed E-state index contributed by atoms with van der Waals surface area (Å²) in [6, 6.07) is 3.52. The van der Waals surface area contributed by atoms with Gasteiger partial charge in [0.15, 0.2) is 5.84 Å². The Morgan fingerprint density at radius 3 is 2.79 bits per heavy atom. The Kier molecular flexibility index (Phi) is 6.04. The number of nitrogens with zero attached hydrogens (tertiary/aromatic N) is 3. The van der Waals surface area contributed by atoms with Crippen LogP contribution in [0.3, 0.4) is 0 Å². The Balaban J connectivity index is 3.14. The minimum Gasteiger partial charge on any atom is -0.409 e. The Morgan fingerprint density at radius 2 is 2.21 bits per heavy atom. The highest BCUT2D eigenvalue weighted by Gasteiger charge is 2.15. The van der Waals surface area contributed by atoms with Gasteiger partial charge in [-0.3, -0.25) is 0 Å². The van der Waals surface area contributed by atoms with Gasteiger partial charge in [-0.15, -0.1) is 0 Å². The fourth-order valence-electron chi connectivity index (χ4n) is 1.68. The SMILES string of the molecule is COCCN(CCO)c1nc(C)ccc1/C(N)=N/O. The predicted molar refractivity (Wildman–Crippen MR) is 72.7 cm³/mol. The maximum atomic E-state index is 9.13. The first-order valence-corrected chi connectivity index (χ1v) is 5.94. The highest BCUT2D eigenvalue weighted by molar-refractivity contribution is 6.01. The summed E-state index contributed by atoms with van der Waals surface area (Å²) >= 11 is 0. The van der Waals surface area contributed by atoms with Crippen molar-refractivity contribution in [2.75, 3.05) is 38.3 Å². The van der Waals surface area contributed by atoms with Crippen LogP contribution in [-0.4, -0.2) is 54.5 Å². The summed E-state index contributed by atoms with van der Waals surface area (Å²) in [5.41, 5.74) is 6.98. The molecule has 0 saturated heterocycles. The smallest absolute Gasteiger partial charge is 0.173 e. The van der Waals surface area contributed by atoms with Crippen molar-refractivity contribution in [3.05, 3.63) is 23.4 Å². The number of ether oxygens (including phenoxy) is 1. The molecule has 0 spiro atoms. The number of aliphatic hydroxyl groups is 1. The second kappa shape index (κ2) is 7.55. The Hall–Kier alpha value is -1.86. The number of oxime groups is 1. The van der Waals surface area contributed by atoms with Crippen molar-refractivity contribution in [3.8, 4) is 0 Å². The van der Waals surface area contributed by atoms with Gasteiger partial charge in [-0.05, 0) is 19.1 Å². The van der Waals surface area contributed by atoms with Gasteiger partial charge < -0.3 is 25.7 Å². The van der Waals surface area contributed by atoms with Crippen LogP contribution in [0.1, 0.15) is 11.3 Å². The van der Waals surface area contributed by atoms with Crippen molar-refractivity contribution >= 4 is 11.7 Å². The molecule has 0 radical (unpaired) electrons. The second-order valence-electron chi connectivity index (χ2n) is 4.01. The van der Waals surface area contributed by atoms with E-state index in [0.717, 1.165) is 5.69 Å². The number of pyridine rings is 1. The van der Waals surface area contributed by atoms with Crippen molar-refractivity contribution in [3.63, 3.8) is 0 Å². The normalized spacial score (nSPS) is 11.6. The van der Waals surface area contributed by atoms with Gasteiger partial charge in [0.1, 0.15) is 5.82 Å². The summed E-state index contributed by atoms with van der Waals surface area (Å²) in [5.74, 6) is 0.559. The number of anilines is 1. The monoisotopic (exact) mass is 268 g/mol. The zero-order valence-electron chi connectivity index (χ0n) is 11.2. The van der Waals surface area contributed by atoms with Crippen LogP contribution in [-0.2, 0) is 4.74 Å². The van der Waals surface area contributed by atoms with Crippen LogP contribution in [0.2, 0.25) is 0 Å². The maximum Gasteiger partial charge on any atom is 0.173 e. The lowest BCUT2D eigenvalue weighted by Gasteiger charge is -2.24. The van der Waals surface area contributed by atoms with Gasteiger partial charge in [0.2, 0.25) is 0 Å². The molecule has 0 amide bonds. The van der Waals surface area contributed by atoms with E-state index in [0.29, 0.717) is 31.1 Å². The fourth-order valence-corrected chi connectivity index (χ4v) is 1.68. The molecule has 1 aromatic rings. The third-order valence-corrected chi connectivity index (χ3v) is 2.63. The van der Waals surface area contributed by atoms with E-state index in [2.05, 4.69) is 10.1 Å². The minimum atomic E-state index is -0.0189. The van der Waals surface area contributed by atoms with Crippen LogP contribution in [0.25, 0.3) is 0 Å². The molecule has 0 atom stereocenters. The quantitative estimate of drug-likeness (QED) is 0.277. The summed E-state index contributed by atoms with van der Waals surface area (Å²) in [7, 11) is 1.60. The standard InChI is InChI=1S/C12H20N4O3/c1-9-3-4-10(11(13)15-18)12(14-9)16(5-7-17)6-8-19-2/h3-4,17-18H,5-8H2,1-2H3,(H2,13,15). The van der Waals surface area contributed by atoms with Gasteiger partial charge in [-0.1, -0.05) is 5.16 Å². The van der Waals surface area contributed by atoms with Crippen LogP contribution in [0, 0.1) is 6.92 Å². The molecule has 0 aliphatic heterocycles. The number of nitrogens with two attached hydrogens (primary N) is 1. The summed E-state index contributed by atoms with van der Waals surface area (Å²) < 4.78 is 5.04. The Labute approximate surface area is 112 Å². The van der Waals surface area contributed by atoms with E-state index >= 15 is 0 Å². The van der Waals surface area contributed by atoms with Crippen LogP contribution in [0.15, 0.2) is 17.3 Å².